The standard InChI is InChI=1S/C20H21N5O/c1-15-3-7-18(8-4-15)22-13-20(26)24-23-16(2)17-5-9-19(10-6-17)25-12-11-21-14-25/h3-12,14,22H,13H2,1-2H3,(H,24,26). The van der Waals surface area contributed by atoms with Crippen molar-refractivity contribution >= 4 is 17.3 Å². The van der Waals surface area contributed by atoms with Gasteiger partial charge in [-0.1, -0.05) is 29.8 Å². The molecule has 132 valence electrons. The van der Waals surface area contributed by atoms with Crippen LogP contribution >= 0.6 is 0 Å². The third kappa shape index (κ3) is 4.57. The Labute approximate surface area is 152 Å². The van der Waals surface area contributed by atoms with Crippen LogP contribution in [0.3, 0.4) is 0 Å². The van der Waals surface area contributed by atoms with Crippen molar-refractivity contribution in [2.24, 2.45) is 5.10 Å². The highest BCUT2D eigenvalue weighted by Gasteiger charge is 2.03. The first-order valence-electron chi connectivity index (χ1n) is 8.34. The van der Waals surface area contributed by atoms with Gasteiger partial charge in [-0.2, -0.15) is 5.10 Å². The van der Waals surface area contributed by atoms with Crippen LogP contribution in [0.15, 0.2) is 72.4 Å². The maximum Gasteiger partial charge on any atom is 0.259 e. The van der Waals surface area contributed by atoms with E-state index in [2.05, 4.69) is 20.8 Å². The number of carbonyl (C=O) groups is 1. The number of aromatic nitrogens is 2. The van der Waals surface area contributed by atoms with Gasteiger partial charge in [0.05, 0.1) is 18.6 Å². The number of hydrogen-bond acceptors (Lipinski definition) is 4. The highest BCUT2D eigenvalue weighted by Crippen LogP contribution is 2.10. The number of hydrogen-bond donors (Lipinski definition) is 2. The summed E-state index contributed by atoms with van der Waals surface area (Å²) in [5, 5.41) is 7.24. The first-order valence-corrected chi connectivity index (χ1v) is 8.34. The number of carbonyl (C=O) groups excluding carboxylic acids is 1. The fourth-order valence-corrected chi connectivity index (χ4v) is 2.39. The monoisotopic (exact) mass is 347 g/mol. The summed E-state index contributed by atoms with van der Waals surface area (Å²) in [6.07, 6.45) is 5.37. The highest BCUT2D eigenvalue weighted by atomic mass is 16.2. The van der Waals surface area contributed by atoms with E-state index in [-0.39, 0.29) is 12.5 Å². The van der Waals surface area contributed by atoms with E-state index in [0.29, 0.717) is 0 Å². The maximum atomic E-state index is 11.9. The number of imidazole rings is 1. The Bertz CT molecular complexity index is 881. The van der Waals surface area contributed by atoms with Crippen LogP contribution in [0.1, 0.15) is 18.1 Å². The predicted molar refractivity (Wildman–Crippen MR) is 104 cm³/mol. The average molecular weight is 347 g/mol. The zero-order valence-electron chi connectivity index (χ0n) is 14.8. The Morgan fingerprint density at radius 3 is 2.50 bits per heavy atom. The van der Waals surface area contributed by atoms with Gasteiger partial charge >= 0.3 is 0 Å². The molecule has 0 saturated carbocycles. The lowest BCUT2D eigenvalue weighted by Gasteiger charge is -2.07. The summed E-state index contributed by atoms with van der Waals surface area (Å²) in [5.74, 6) is -0.194. The van der Waals surface area contributed by atoms with Gasteiger partial charge in [-0.3, -0.25) is 4.79 Å². The van der Waals surface area contributed by atoms with E-state index < -0.39 is 0 Å². The molecule has 2 aromatic carbocycles. The van der Waals surface area contributed by atoms with Crippen LogP contribution in [-0.2, 0) is 4.79 Å². The molecule has 0 aliphatic heterocycles. The molecule has 0 fully saturated rings. The van der Waals surface area contributed by atoms with Crippen molar-refractivity contribution < 1.29 is 4.79 Å². The zero-order valence-corrected chi connectivity index (χ0v) is 14.8. The molecule has 0 aliphatic carbocycles. The Morgan fingerprint density at radius 2 is 1.85 bits per heavy atom. The summed E-state index contributed by atoms with van der Waals surface area (Å²) in [5.41, 5.74) is 7.37. The number of nitrogens with one attached hydrogen (secondary N) is 2. The van der Waals surface area contributed by atoms with Gasteiger partial charge in [0.1, 0.15) is 0 Å². The maximum absolute atomic E-state index is 11.9. The molecule has 1 aromatic heterocycles. The molecule has 6 heteroatoms. The van der Waals surface area contributed by atoms with Crippen LogP contribution in [0.2, 0.25) is 0 Å². The number of anilines is 1. The van der Waals surface area contributed by atoms with E-state index in [1.807, 2.05) is 73.1 Å². The van der Waals surface area contributed by atoms with E-state index in [0.717, 1.165) is 22.6 Å². The molecule has 1 amide bonds. The molecule has 3 aromatic rings. The number of hydrazone groups is 1. The van der Waals surface area contributed by atoms with Gasteiger partial charge in [0.25, 0.3) is 5.91 Å². The van der Waals surface area contributed by atoms with Gasteiger partial charge in [-0.05, 0) is 43.7 Å². The van der Waals surface area contributed by atoms with Crippen molar-refractivity contribution in [1.82, 2.24) is 15.0 Å². The molecule has 0 spiro atoms. The highest BCUT2D eigenvalue weighted by molar-refractivity contribution is 5.99. The third-order valence-corrected chi connectivity index (χ3v) is 3.94. The second-order valence-corrected chi connectivity index (χ2v) is 5.97. The summed E-state index contributed by atoms with van der Waals surface area (Å²) < 4.78 is 1.93. The quantitative estimate of drug-likeness (QED) is 0.531. The van der Waals surface area contributed by atoms with Crippen LogP contribution in [0, 0.1) is 6.92 Å². The number of amides is 1. The minimum atomic E-state index is -0.194. The summed E-state index contributed by atoms with van der Waals surface area (Å²) in [6.45, 7) is 4.05. The van der Waals surface area contributed by atoms with Gasteiger partial charge in [0.15, 0.2) is 0 Å². The van der Waals surface area contributed by atoms with Crippen LogP contribution in [0.25, 0.3) is 5.69 Å². The van der Waals surface area contributed by atoms with Crippen molar-refractivity contribution in [3.63, 3.8) is 0 Å². The molecule has 0 aliphatic rings. The molecule has 0 radical (unpaired) electrons. The number of rotatable bonds is 6. The molecule has 26 heavy (non-hydrogen) atoms. The lowest BCUT2D eigenvalue weighted by atomic mass is 10.1. The molecular formula is C20H21N5O. The van der Waals surface area contributed by atoms with E-state index >= 15 is 0 Å². The fourth-order valence-electron chi connectivity index (χ4n) is 2.39. The van der Waals surface area contributed by atoms with Crippen LogP contribution in [0.4, 0.5) is 5.69 Å². The Hall–Kier alpha value is -3.41. The van der Waals surface area contributed by atoms with Crippen molar-refractivity contribution in [1.29, 1.82) is 0 Å². The molecule has 3 rings (SSSR count). The molecule has 0 saturated heterocycles. The molecular weight excluding hydrogens is 326 g/mol. The summed E-state index contributed by atoms with van der Waals surface area (Å²) in [7, 11) is 0. The van der Waals surface area contributed by atoms with Crippen LogP contribution < -0.4 is 10.7 Å². The van der Waals surface area contributed by atoms with E-state index in [4.69, 9.17) is 0 Å². The normalized spacial score (nSPS) is 11.2. The Balaban J connectivity index is 1.54. The molecule has 0 bridgehead atoms. The van der Waals surface area contributed by atoms with Gasteiger partial charge in [-0.25, -0.2) is 10.4 Å². The fraction of sp³-hybridized carbons (Fsp3) is 0.150. The molecule has 2 N–H and O–H groups in total. The first-order chi connectivity index (χ1) is 12.6. The van der Waals surface area contributed by atoms with E-state index in [1.165, 1.54) is 5.56 Å². The third-order valence-electron chi connectivity index (χ3n) is 3.94. The zero-order chi connectivity index (χ0) is 18.4. The molecule has 1 heterocycles. The molecule has 6 nitrogen and oxygen atoms in total. The predicted octanol–water partition coefficient (Wildman–Crippen LogP) is 3.13. The van der Waals surface area contributed by atoms with E-state index in [9.17, 15) is 4.79 Å². The Kier molecular flexibility index (Phi) is 5.43. The van der Waals surface area contributed by atoms with Crippen molar-refractivity contribution in [3.8, 4) is 5.69 Å². The summed E-state index contributed by atoms with van der Waals surface area (Å²) in [4.78, 5) is 16.0. The minimum Gasteiger partial charge on any atom is -0.376 e. The van der Waals surface area contributed by atoms with Crippen molar-refractivity contribution in [3.05, 3.63) is 78.4 Å². The summed E-state index contributed by atoms with van der Waals surface area (Å²) >= 11 is 0. The number of benzene rings is 2. The van der Waals surface area contributed by atoms with Crippen LogP contribution in [-0.4, -0.2) is 27.7 Å². The second-order valence-electron chi connectivity index (χ2n) is 5.97. The lowest BCUT2D eigenvalue weighted by molar-refractivity contribution is -0.119. The average Bonchev–Trinajstić information content (AvgIpc) is 3.20. The van der Waals surface area contributed by atoms with Gasteiger partial charge in [0, 0.05) is 23.8 Å². The first kappa shape index (κ1) is 17.4. The van der Waals surface area contributed by atoms with E-state index in [1.54, 1.807) is 12.5 Å². The number of nitrogens with zero attached hydrogens (tertiary/aromatic N) is 3. The van der Waals surface area contributed by atoms with Crippen molar-refractivity contribution in [2.45, 2.75) is 13.8 Å². The SMILES string of the molecule is CC(=NNC(=O)CNc1ccc(C)cc1)c1ccc(-n2ccnc2)cc1. The van der Waals surface area contributed by atoms with Crippen LogP contribution in [0.5, 0.6) is 0 Å². The summed E-state index contributed by atoms with van der Waals surface area (Å²) in [6, 6.07) is 15.8. The minimum absolute atomic E-state index is 0.166. The molecule has 0 atom stereocenters. The van der Waals surface area contributed by atoms with Gasteiger partial charge in [0.2, 0.25) is 0 Å². The molecule has 0 unspecified atom stereocenters. The topological polar surface area (TPSA) is 71.3 Å². The lowest BCUT2D eigenvalue weighted by Crippen LogP contribution is -2.26. The van der Waals surface area contributed by atoms with Gasteiger partial charge < -0.3 is 9.88 Å². The Morgan fingerprint density at radius 1 is 1.12 bits per heavy atom. The second kappa shape index (κ2) is 8.11. The van der Waals surface area contributed by atoms with Crippen molar-refractivity contribution in [2.75, 3.05) is 11.9 Å². The largest absolute Gasteiger partial charge is 0.376 e. The van der Waals surface area contributed by atoms with Gasteiger partial charge in [-0.15, -0.1) is 0 Å². The number of aryl methyl sites for hydroxylation is 1. The smallest absolute Gasteiger partial charge is 0.259 e.